The van der Waals surface area contributed by atoms with Gasteiger partial charge in [-0.2, -0.15) is 5.10 Å². The number of hydrogen-bond acceptors (Lipinski definition) is 4. The largest absolute Gasteiger partial charge is 0.492 e. The Bertz CT molecular complexity index is 888. The number of aromatic amines is 1. The van der Waals surface area contributed by atoms with Crippen LogP contribution in [0.4, 0.5) is 4.79 Å². The number of hydrogen-bond donors (Lipinski definition) is 2. The molecule has 2 heterocycles. The van der Waals surface area contributed by atoms with E-state index in [1.165, 1.54) is 0 Å². The lowest BCUT2D eigenvalue weighted by Crippen LogP contribution is -2.29. The second kappa shape index (κ2) is 6.23. The van der Waals surface area contributed by atoms with E-state index in [1.54, 1.807) is 0 Å². The first kappa shape index (κ1) is 14.6. The Morgan fingerprint density at radius 1 is 1.04 bits per heavy atom. The van der Waals surface area contributed by atoms with Crippen molar-refractivity contribution in [1.29, 1.82) is 0 Å². The Balaban J connectivity index is 1.77. The Morgan fingerprint density at radius 2 is 2.00 bits per heavy atom. The van der Waals surface area contributed by atoms with Crippen LogP contribution in [0.1, 0.15) is 5.56 Å². The second-order valence-electron chi connectivity index (χ2n) is 5.64. The lowest BCUT2D eigenvalue weighted by atomic mass is 10.0. The molecule has 0 aliphatic carbocycles. The molecule has 6 heteroatoms. The molecule has 122 valence electrons. The van der Waals surface area contributed by atoms with Gasteiger partial charge in [-0.05, 0) is 29.8 Å². The smallest absolute Gasteiger partial charge is 0.407 e. The molecule has 3 aromatic rings. The number of ether oxygens (including phenoxy) is 2. The summed E-state index contributed by atoms with van der Waals surface area (Å²) >= 11 is 0. The topological polar surface area (TPSA) is 76.2 Å². The third-order valence-electron chi connectivity index (χ3n) is 4.00. The van der Waals surface area contributed by atoms with E-state index in [2.05, 4.69) is 21.6 Å². The summed E-state index contributed by atoms with van der Waals surface area (Å²) in [5, 5.41) is 11.2. The molecule has 0 unspecified atom stereocenters. The molecule has 1 aliphatic heterocycles. The van der Waals surface area contributed by atoms with Gasteiger partial charge in [0, 0.05) is 17.4 Å². The van der Waals surface area contributed by atoms with Gasteiger partial charge in [-0.1, -0.05) is 18.2 Å². The zero-order valence-electron chi connectivity index (χ0n) is 13.0. The zero-order valence-corrected chi connectivity index (χ0v) is 13.0. The minimum absolute atomic E-state index is 0.333. The van der Waals surface area contributed by atoms with Crippen molar-refractivity contribution in [3.8, 4) is 17.0 Å². The quantitative estimate of drug-likeness (QED) is 0.667. The van der Waals surface area contributed by atoms with Crippen molar-refractivity contribution in [1.82, 2.24) is 15.5 Å². The SMILES string of the molecule is O=C1NCCOc2ccc3[nH]nc(c3c2)-c2cccc(c2)CCO1. The van der Waals surface area contributed by atoms with E-state index in [1.807, 2.05) is 36.4 Å². The summed E-state index contributed by atoms with van der Waals surface area (Å²) < 4.78 is 10.9. The van der Waals surface area contributed by atoms with E-state index < -0.39 is 6.09 Å². The summed E-state index contributed by atoms with van der Waals surface area (Å²) in [6.07, 6.45) is 0.235. The molecule has 4 rings (SSSR count). The van der Waals surface area contributed by atoms with Crippen LogP contribution in [0.15, 0.2) is 42.5 Å². The first-order chi connectivity index (χ1) is 11.8. The number of cyclic esters (lactones) is 1. The highest BCUT2D eigenvalue weighted by molar-refractivity contribution is 5.93. The van der Waals surface area contributed by atoms with Crippen molar-refractivity contribution in [2.24, 2.45) is 0 Å². The number of aromatic nitrogens is 2. The fourth-order valence-electron chi connectivity index (χ4n) is 2.81. The normalized spacial score (nSPS) is 15.1. The van der Waals surface area contributed by atoms with Crippen molar-refractivity contribution < 1.29 is 14.3 Å². The summed E-state index contributed by atoms with van der Waals surface area (Å²) in [7, 11) is 0. The third kappa shape index (κ3) is 2.90. The van der Waals surface area contributed by atoms with Crippen LogP contribution in [-0.4, -0.2) is 36.0 Å². The highest BCUT2D eigenvalue weighted by Gasteiger charge is 2.11. The van der Waals surface area contributed by atoms with Crippen LogP contribution in [0.25, 0.3) is 22.2 Å². The van der Waals surface area contributed by atoms with Crippen molar-refractivity contribution in [3.63, 3.8) is 0 Å². The molecule has 2 N–H and O–H groups in total. The fourth-order valence-corrected chi connectivity index (χ4v) is 2.81. The first-order valence-electron chi connectivity index (χ1n) is 7.90. The van der Waals surface area contributed by atoms with E-state index in [-0.39, 0.29) is 0 Å². The van der Waals surface area contributed by atoms with Gasteiger partial charge in [0.2, 0.25) is 0 Å². The molecule has 0 radical (unpaired) electrons. The molecular weight excluding hydrogens is 306 g/mol. The average Bonchev–Trinajstić information content (AvgIpc) is 3.01. The minimum Gasteiger partial charge on any atom is -0.492 e. The van der Waals surface area contributed by atoms with Crippen molar-refractivity contribution in [2.45, 2.75) is 6.42 Å². The highest BCUT2D eigenvalue weighted by atomic mass is 16.5. The van der Waals surface area contributed by atoms with Gasteiger partial charge >= 0.3 is 6.09 Å². The summed E-state index contributed by atoms with van der Waals surface area (Å²) in [4.78, 5) is 11.6. The number of carbonyl (C=O) groups excluding carboxylic acids is 1. The number of rotatable bonds is 0. The van der Waals surface area contributed by atoms with E-state index in [4.69, 9.17) is 9.47 Å². The maximum absolute atomic E-state index is 11.6. The van der Waals surface area contributed by atoms with Crippen LogP contribution >= 0.6 is 0 Å². The Hall–Kier alpha value is -3.02. The molecule has 0 atom stereocenters. The van der Waals surface area contributed by atoms with Gasteiger partial charge in [0.1, 0.15) is 18.1 Å². The number of nitrogens with one attached hydrogen (secondary N) is 2. The van der Waals surface area contributed by atoms with E-state index >= 15 is 0 Å². The number of benzene rings is 2. The van der Waals surface area contributed by atoms with Crippen LogP contribution in [-0.2, 0) is 11.2 Å². The van der Waals surface area contributed by atoms with Crippen molar-refractivity contribution in [3.05, 3.63) is 48.0 Å². The summed E-state index contributed by atoms with van der Waals surface area (Å²) in [5.41, 5.74) is 3.97. The van der Waals surface area contributed by atoms with Gasteiger partial charge < -0.3 is 14.8 Å². The van der Waals surface area contributed by atoms with Gasteiger partial charge in [0.15, 0.2) is 0 Å². The molecule has 4 bridgehead atoms. The van der Waals surface area contributed by atoms with Crippen molar-refractivity contribution in [2.75, 3.05) is 19.8 Å². The van der Waals surface area contributed by atoms with E-state index in [9.17, 15) is 4.79 Å². The van der Waals surface area contributed by atoms with Crippen LogP contribution in [0, 0.1) is 0 Å². The van der Waals surface area contributed by atoms with Crippen LogP contribution in [0.5, 0.6) is 5.75 Å². The molecule has 0 fully saturated rings. The number of nitrogens with zero attached hydrogens (tertiary/aromatic N) is 1. The second-order valence-corrected chi connectivity index (χ2v) is 5.64. The maximum atomic E-state index is 11.6. The number of fused-ring (bicyclic) bond motifs is 4. The molecule has 1 amide bonds. The first-order valence-corrected chi connectivity index (χ1v) is 7.90. The molecule has 1 aliphatic rings. The van der Waals surface area contributed by atoms with Crippen molar-refractivity contribution >= 4 is 17.0 Å². The molecule has 6 nitrogen and oxygen atoms in total. The Kier molecular flexibility index (Phi) is 3.78. The molecular formula is C18H17N3O3. The summed E-state index contributed by atoms with van der Waals surface area (Å²) in [6, 6.07) is 13.9. The van der Waals surface area contributed by atoms with Gasteiger partial charge in [-0.15, -0.1) is 0 Å². The van der Waals surface area contributed by atoms with Gasteiger partial charge in [-0.3, -0.25) is 5.10 Å². The lowest BCUT2D eigenvalue weighted by molar-refractivity contribution is 0.145. The highest BCUT2D eigenvalue weighted by Crippen LogP contribution is 2.29. The van der Waals surface area contributed by atoms with E-state index in [0.29, 0.717) is 26.2 Å². The molecule has 0 spiro atoms. The Morgan fingerprint density at radius 3 is 2.96 bits per heavy atom. The zero-order chi connectivity index (χ0) is 16.4. The molecule has 0 saturated carbocycles. The standard InChI is InChI=1S/C18H17N3O3/c22-18-19-7-9-23-14-4-5-16-15(11-14)17(21-20-16)13-3-1-2-12(10-13)6-8-24-18/h1-5,10-11H,6-9H2,(H,19,22)(H,20,21). The fraction of sp³-hybridized carbons (Fsp3) is 0.222. The molecule has 2 aromatic carbocycles. The number of alkyl carbamates (subject to hydrolysis) is 1. The molecule has 0 saturated heterocycles. The van der Waals surface area contributed by atoms with Crippen LogP contribution in [0.3, 0.4) is 0 Å². The molecule has 24 heavy (non-hydrogen) atoms. The van der Waals surface area contributed by atoms with Gasteiger partial charge in [-0.25, -0.2) is 4.79 Å². The van der Waals surface area contributed by atoms with Crippen LogP contribution in [0.2, 0.25) is 0 Å². The summed E-state index contributed by atoms with van der Waals surface area (Å²) in [5.74, 6) is 0.742. The van der Waals surface area contributed by atoms with Gasteiger partial charge in [0.05, 0.1) is 18.7 Å². The van der Waals surface area contributed by atoms with E-state index in [0.717, 1.165) is 33.5 Å². The van der Waals surface area contributed by atoms with Gasteiger partial charge in [0.25, 0.3) is 0 Å². The Labute approximate surface area is 138 Å². The lowest BCUT2D eigenvalue weighted by Gasteiger charge is -2.08. The number of amides is 1. The minimum atomic E-state index is -0.423. The predicted octanol–water partition coefficient (Wildman–Crippen LogP) is 2.89. The third-order valence-corrected chi connectivity index (χ3v) is 4.00. The monoisotopic (exact) mass is 323 g/mol. The maximum Gasteiger partial charge on any atom is 0.407 e. The number of H-pyrrole nitrogens is 1. The average molecular weight is 323 g/mol. The van der Waals surface area contributed by atoms with Crippen LogP contribution < -0.4 is 10.1 Å². The predicted molar refractivity (Wildman–Crippen MR) is 90.1 cm³/mol. The summed E-state index contributed by atoms with van der Waals surface area (Å²) in [6.45, 7) is 1.10. The number of carbonyl (C=O) groups is 1. The molecule has 1 aromatic heterocycles.